The molecule has 0 aliphatic rings. The number of H-pyrrole nitrogens is 1. The maximum atomic E-state index is 11.7. The average molecular weight is 227 g/mol. The maximum Gasteiger partial charge on any atom is 0.267 e. The number of hydrogen-bond donors (Lipinski definition) is 2. The number of hydrogen-bond acceptors (Lipinski definition) is 2. The van der Waals surface area contributed by atoms with Gasteiger partial charge in [-0.15, -0.1) is 0 Å². The second-order valence-corrected chi connectivity index (χ2v) is 3.85. The topological polar surface area (TPSA) is 68.7 Å². The molecule has 2 aromatic rings. The lowest BCUT2D eigenvalue weighted by Crippen LogP contribution is -2.24. The smallest absolute Gasteiger partial charge is 0.267 e. The second-order valence-electron chi connectivity index (χ2n) is 3.85. The predicted octanol–water partition coefficient (Wildman–Crippen LogP) is 2.18. The summed E-state index contributed by atoms with van der Waals surface area (Å²) in [6.07, 6.45) is 0.907. The predicted molar refractivity (Wildman–Crippen MR) is 65.6 cm³/mol. The number of aromatic nitrogens is 1. The molecule has 2 N–H and O–H groups in total. The van der Waals surface area contributed by atoms with Crippen LogP contribution in [0.5, 0.6) is 0 Å². The molecule has 0 bridgehead atoms. The minimum Gasteiger partial charge on any atom is -0.351 e. The van der Waals surface area contributed by atoms with E-state index in [9.17, 15) is 4.79 Å². The van der Waals surface area contributed by atoms with E-state index in [4.69, 9.17) is 5.26 Å². The number of nitriles is 1. The Bertz CT molecular complexity index is 592. The van der Waals surface area contributed by atoms with E-state index in [2.05, 4.69) is 16.4 Å². The summed E-state index contributed by atoms with van der Waals surface area (Å²) in [6.45, 7) is 2.67. The van der Waals surface area contributed by atoms with Gasteiger partial charge in [0.05, 0.1) is 11.6 Å². The van der Waals surface area contributed by atoms with Crippen LogP contribution in [0.2, 0.25) is 0 Å². The van der Waals surface area contributed by atoms with Crippen LogP contribution in [0, 0.1) is 11.3 Å². The highest BCUT2D eigenvalue weighted by atomic mass is 16.1. The monoisotopic (exact) mass is 227 g/mol. The molecule has 0 saturated carbocycles. The van der Waals surface area contributed by atoms with Crippen LogP contribution in [0.3, 0.4) is 0 Å². The van der Waals surface area contributed by atoms with Gasteiger partial charge in [-0.3, -0.25) is 4.79 Å². The molecule has 17 heavy (non-hydrogen) atoms. The Morgan fingerprint density at radius 1 is 1.47 bits per heavy atom. The summed E-state index contributed by atoms with van der Waals surface area (Å²) < 4.78 is 0. The van der Waals surface area contributed by atoms with Gasteiger partial charge in [-0.05, 0) is 30.7 Å². The fourth-order valence-corrected chi connectivity index (χ4v) is 1.66. The third-order valence-electron chi connectivity index (χ3n) is 2.53. The van der Waals surface area contributed by atoms with Crippen molar-refractivity contribution in [2.75, 3.05) is 6.54 Å². The summed E-state index contributed by atoms with van der Waals surface area (Å²) in [6, 6.07) is 9.15. The van der Waals surface area contributed by atoms with Gasteiger partial charge in [-0.25, -0.2) is 0 Å². The van der Waals surface area contributed by atoms with Crippen LogP contribution in [0.4, 0.5) is 0 Å². The van der Waals surface area contributed by atoms with Crippen molar-refractivity contribution in [2.24, 2.45) is 0 Å². The maximum absolute atomic E-state index is 11.7. The highest BCUT2D eigenvalue weighted by Gasteiger charge is 2.08. The Balaban J connectivity index is 2.32. The zero-order valence-corrected chi connectivity index (χ0v) is 9.58. The Hall–Kier alpha value is -2.28. The Morgan fingerprint density at radius 3 is 3.00 bits per heavy atom. The normalized spacial score (nSPS) is 10.1. The number of nitrogens with zero attached hydrogens (tertiary/aromatic N) is 1. The lowest BCUT2D eigenvalue weighted by atomic mass is 10.2. The molecule has 0 saturated heterocycles. The molecule has 0 fully saturated rings. The first-order chi connectivity index (χ1) is 8.24. The van der Waals surface area contributed by atoms with E-state index in [-0.39, 0.29) is 5.91 Å². The number of aromatic amines is 1. The van der Waals surface area contributed by atoms with Crippen LogP contribution >= 0.6 is 0 Å². The van der Waals surface area contributed by atoms with Crippen molar-refractivity contribution in [1.82, 2.24) is 10.3 Å². The van der Waals surface area contributed by atoms with Crippen LogP contribution in [-0.2, 0) is 0 Å². The van der Waals surface area contributed by atoms with E-state index in [1.54, 1.807) is 18.2 Å². The summed E-state index contributed by atoms with van der Waals surface area (Å²) >= 11 is 0. The summed E-state index contributed by atoms with van der Waals surface area (Å²) in [5, 5.41) is 12.5. The molecular formula is C13H13N3O. The van der Waals surface area contributed by atoms with Crippen molar-refractivity contribution in [3.05, 3.63) is 35.5 Å². The molecule has 1 aromatic heterocycles. The summed E-state index contributed by atoms with van der Waals surface area (Å²) in [7, 11) is 0. The van der Waals surface area contributed by atoms with Gasteiger partial charge in [-0.1, -0.05) is 6.92 Å². The molecule has 2 rings (SSSR count). The zero-order chi connectivity index (χ0) is 12.3. The van der Waals surface area contributed by atoms with Crippen LogP contribution in [0.15, 0.2) is 24.3 Å². The van der Waals surface area contributed by atoms with Gasteiger partial charge < -0.3 is 10.3 Å². The summed E-state index contributed by atoms with van der Waals surface area (Å²) in [5.41, 5.74) is 1.99. The highest BCUT2D eigenvalue weighted by molar-refractivity contribution is 5.98. The molecule has 1 amide bonds. The van der Waals surface area contributed by atoms with E-state index >= 15 is 0 Å². The molecule has 0 unspecified atom stereocenters. The van der Waals surface area contributed by atoms with Crippen molar-refractivity contribution in [2.45, 2.75) is 13.3 Å². The fourth-order valence-electron chi connectivity index (χ4n) is 1.66. The van der Waals surface area contributed by atoms with Crippen molar-refractivity contribution >= 4 is 16.8 Å². The van der Waals surface area contributed by atoms with E-state index in [0.29, 0.717) is 17.8 Å². The number of carbonyl (C=O) groups is 1. The van der Waals surface area contributed by atoms with Crippen LogP contribution in [-0.4, -0.2) is 17.4 Å². The molecule has 0 spiro atoms. The molecule has 86 valence electrons. The van der Waals surface area contributed by atoms with Crippen molar-refractivity contribution in [3.8, 4) is 6.07 Å². The van der Waals surface area contributed by atoms with Gasteiger partial charge in [0.25, 0.3) is 5.91 Å². The van der Waals surface area contributed by atoms with Gasteiger partial charge in [0.15, 0.2) is 0 Å². The van der Waals surface area contributed by atoms with E-state index in [1.807, 2.05) is 13.0 Å². The molecular weight excluding hydrogens is 214 g/mol. The first-order valence-electron chi connectivity index (χ1n) is 5.55. The van der Waals surface area contributed by atoms with E-state index in [1.165, 1.54) is 0 Å². The quantitative estimate of drug-likeness (QED) is 0.843. The molecule has 4 heteroatoms. The highest BCUT2D eigenvalue weighted by Crippen LogP contribution is 2.16. The number of fused-ring (bicyclic) bond motifs is 1. The lowest BCUT2D eigenvalue weighted by Gasteiger charge is -1.99. The summed E-state index contributed by atoms with van der Waals surface area (Å²) in [5.74, 6) is -0.110. The zero-order valence-electron chi connectivity index (χ0n) is 9.58. The Labute approximate surface area is 99.3 Å². The van der Waals surface area contributed by atoms with E-state index < -0.39 is 0 Å². The third-order valence-corrected chi connectivity index (χ3v) is 2.53. The average Bonchev–Trinajstić information content (AvgIpc) is 2.78. The Kier molecular flexibility index (Phi) is 3.10. The fraction of sp³-hybridized carbons (Fsp3) is 0.231. The van der Waals surface area contributed by atoms with Crippen LogP contribution < -0.4 is 5.32 Å². The number of nitrogens with one attached hydrogen (secondary N) is 2. The molecule has 0 atom stereocenters. The largest absolute Gasteiger partial charge is 0.351 e. The first-order valence-corrected chi connectivity index (χ1v) is 5.55. The van der Waals surface area contributed by atoms with Crippen molar-refractivity contribution in [3.63, 3.8) is 0 Å². The van der Waals surface area contributed by atoms with Gasteiger partial charge >= 0.3 is 0 Å². The first kappa shape index (κ1) is 11.2. The molecule has 1 aromatic carbocycles. The molecule has 1 heterocycles. The molecule has 0 aliphatic heterocycles. The minimum absolute atomic E-state index is 0.110. The minimum atomic E-state index is -0.110. The van der Waals surface area contributed by atoms with E-state index in [0.717, 1.165) is 17.3 Å². The molecule has 0 radical (unpaired) electrons. The van der Waals surface area contributed by atoms with Gasteiger partial charge in [0, 0.05) is 17.4 Å². The number of benzene rings is 1. The number of amides is 1. The van der Waals surface area contributed by atoms with Crippen molar-refractivity contribution < 1.29 is 4.79 Å². The van der Waals surface area contributed by atoms with Crippen molar-refractivity contribution in [1.29, 1.82) is 5.26 Å². The lowest BCUT2D eigenvalue weighted by molar-refractivity contribution is 0.0949. The third kappa shape index (κ3) is 2.28. The molecule has 0 aliphatic carbocycles. The molecule has 4 nitrogen and oxygen atoms in total. The van der Waals surface area contributed by atoms with Crippen LogP contribution in [0.1, 0.15) is 29.4 Å². The van der Waals surface area contributed by atoms with Gasteiger partial charge in [0.2, 0.25) is 0 Å². The van der Waals surface area contributed by atoms with Gasteiger partial charge in [0.1, 0.15) is 5.69 Å². The number of rotatable bonds is 3. The SMILES string of the molecule is CCCNC(=O)c1cc2cc(C#N)ccc2[nH]1. The number of carbonyl (C=O) groups excluding carboxylic acids is 1. The summed E-state index contributed by atoms with van der Waals surface area (Å²) in [4.78, 5) is 14.8. The second kappa shape index (κ2) is 4.71. The standard InChI is InChI=1S/C13H13N3O/c1-2-5-15-13(17)12-7-10-6-9(8-14)3-4-11(10)16-12/h3-4,6-7,16H,2,5H2,1H3,(H,15,17). The van der Waals surface area contributed by atoms with Crippen LogP contribution in [0.25, 0.3) is 10.9 Å². The van der Waals surface area contributed by atoms with Gasteiger partial charge in [-0.2, -0.15) is 5.26 Å². The Morgan fingerprint density at radius 2 is 2.29 bits per heavy atom.